The lowest BCUT2D eigenvalue weighted by atomic mass is 10.1. The Morgan fingerprint density at radius 1 is 1.15 bits per heavy atom. The number of carbonyl (C=O) groups excluding carboxylic acids is 3. The zero-order valence-corrected chi connectivity index (χ0v) is 15.8. The molecule has 2 aromatic rings. The minimum absolute atomic E-state index is 0.312. The van der Waals surface area contributed by atoms with Gasteiger partial charge in [-0.1, -0.05) is 6.07 Å². The number of halogens is 1. The van der Waals surface area contributed by atoms with E-state index in [9.17, 15) is 14.4 Å². The number of benzene rings is 2. The van der Waals surface area contributed by atoms with Crippen LogP contribution in [0.15, 0.2) is 53.5 Å². The molecule has 1 aliphatic rings. The topological polar surface area (TPSA) is 88.1 Å². The van der Waals surface area contributed by atoms with Crippen LogP contribution < -0.4 is 15.0 Å². The number of aliphatic imine (C=N–C) groups is 1. The molecule has 132 valence electrons. The molecule has 1 N–H and O–H groups in total. The van der Waals surface area contributed by atoms with E-state index >= 15 is 0 Å². The van der Waals surface area contributed by atoms with Crippen molar-refractivity contribution in [3.63, 3.8) is 0 Å². The van der Waals surface area contributed by atoms with Crippen LogP contribution in [-0.2, 0) is 9.59 Å². The monoisotopic (exact) mass is 463 g/mol. The van der Waals surface area contributed by atoms with Gasteiger partial charge in [-0.3, -0.25) is 19.9 Å². The van der Waals surface area contributed by atoms with Crippen molar-refractivity contribution in [2.45, 2.75) is 0 Å². The Morgan fingerprint density at radius 3 is 2.58 bits per heavy atom. The van der Waals surface area contributed by atoms with Crippen LogP contribution in [0.2, 0.25) is 0 Å². The molecule has 0 saturated carbocycles. The third kappa shape index (κ3) is 3.74. The molecular formula is C18H14IN3O4. The van der Waals surface area contributed by atoms with Gasteiger partial charge in [0.15, 0.2) is 5.92 Å². The van der Waals surface area contributed by atoms with Crippen LogP contribution in [0, 0.1) is 9.49 Å². The molecule has 1 aliphatic heterocycles. The number of nitrogens with one attached hydrogen (secondary N) is 1. The summed E-state index contributed by atoms with van der Waals surface area (Å²) in [6, 6.07) is 12.9. The van der Waals surface area contributed by atoms with Crippen LogP contribution in [0.5, 0.6) is 5.75 Å². The molecule has 4 amide bonds. The second-order valence-electron chi connectivity index (χ2n) is 5.40. The summed E-state index contributed by atoms with van der Waals surface area (Å²) in [7, 11) is 1.48. The number of imide groups is 2. The van der Waals surface area contributed by atoms with Crippen LogP contribution in [0.3, 0.4) is 0 Å². The van der Waals surface area contributed by atoms with Crippen molar-refractivity contribution < 1.29 is 19.1 Å². The SMILES string of the molecule is COc1cccc(N2C(=O)NC(=O)[C@H](C=Nc3ccc(I)cc3)C2=O)c1. The summed E-state index contributed by atoms with van der Waals surface area (Å²) in [5, 5.41) is 2.19. The number of anilines is 1. The summed E-state index contributed by atoms with van der Waals surface area (Å²) in [6.07, 6.45) is 1.25. The van der Waals surface area contributed by atoms with Crippen molar-refractivity contribution in [1.29, 1.82) is 0 Å². The lowest BCUT2D eigenvalue weighted by Crippen LogP contribution is -2.58. The van der Waals surface area contributed by atoms with E-state index in [0.29, 0.717) is 17.1 Å². The van der Waals surface area contributed by atoms with Gasteiger partial charge in [-0.15, -0.1) is 0 Å². The van der Waals surface area contributed by atoms with Gasteiger partial charge in [-0.05, 0) is 59.0 Å². The average molecular weight is 463 g/mol. The molecular weight excluding hydrogens is 449 g/mol. The third-order valence-electron chi connectivity index (χ3n) is 3.71. The number of amides is 4. The normalized spacial score (nSPS) is 17.5. The molecule has 0 spiro atoms. The molecule has 7 nitrogen and oxygen atoms in total. The summed E-state index contributed by atoms with van der Waals surface area (Å²) >= 11 is 2.17. The van der Waals surface area contributed by atoms with Crippen LogP contribution in [-0.4, -0.2) is 31.2 Å². The van der Waals surface area contributed by atoms with Gasteiger partial charge in [0.1, 0.15) is 5.75 Å². The highest BCUT2D eigenvalue weighted by atomic mass is 127. The number of urea groups is 1. The number of barbiturate groups is 1. The minimum Gasteiger partial charge on any atom is -0.497 e. The van der Waals surface area contributed by atoms with E-state index < -0.39 is 23.8 Å². The lowest BCUT2D eigenvalue weighted by Gasteiger charge is -2.28. The summed E-state index contributed by atoms with van der Waals surface area (Å²) in [5.74, 6) is -2.07. The molecule has 1 saturated heterocycles. The average Bonchev–Trinajstić information content (AvgIpc) is 2.63. The van der Waals surface area contributed by atoms with Gasteiger partial charge in [0, 0.05) is 15.9 Å². The maximum Gasteiger partial charge on any atom is 0.335 e. The van der Waals surface area contributed by atoms with Crippen molar-refractivity contribution in [3.8, 4) is 5.75 Å². The molecule has 0 aromatic heterocycles. The first-order valence-electron chi connectivity index (χ1n) is 7.62. The van der Waals surface area contributed by atoms with E-state index in [1.54, 1.807) is 36.4 Å². The van der Waals surface area contributed by atoms with Gasteiger partial charge < -0.3 is 4.74 Å². The quantitative estimate of drug-likeness (QED) is 0.429. The Hall–Kier alpha value is -2.75. The fourth-order valence-electron chi connectivity index (χ4n) is 2.40. The van der Waals surface area contributed by atoms with E-state index in [1.807, 2.05) is 12.1 Å². The number of rotatable bonds is 4. The molecule has 26 heavy (non-hydrogen) atoms. The summed E-state index contributed by atoms with van der Waals surface area (Å²) in [5.41, 5.74) is 0.919. The Labute approximate surface area is 163 Å². The Bertz CT molecular complexity index is 896. The first kappa shape index (κ1) is 18.1. The zero-order chi connectivity index (χ0) is 18.7. The maximum absolute atomic E-state index is 12.7. The summed E-state index contributed by atoms with van der Waals surface area (Å²) in [4.78, 5) is 42.1. The van der Waals surface area contributed by atoms with Gasteiger partial charge in [0.05, 0.1) is 18.5 Å². The van der Waals surface area contributed by atoms with Crippen molar-refractivity contribution in [3.05, 3.63) is 52.1 Å². The molecule has 0 unspecified atom stereocenters. The van der Waals surface area contributed by atoms with Crippen molar-refractivity contribution in [2.24, 2.45) is 10.9 Å². The van der Waals surface area contributed by atoms with Crippen LogP contribution in [0.25, 0.3) is 0 Å². The highest BCUT2D eigenvalue weighted by Gasteiger charge is 2.40. The first-order chi connectivity index (χ1) is 12.5. The Balaban J connectivity index is 1.88. The number of methoxy groups -OCH3 is 1. The molecule has 1 fully saturated rings. The molecule has 1 atom stereocenters. The number of nitrogens with zero attached hydrogens (tertiary/aromatic N) is 2. The highest BCUT2D eigenvalue weighted by molar-refractivity contribution is 14.1. The molecule has 8 heteroatoms. The Morgan fingerprint density at radius 2 is 1.88 bits per heavy atom. The molecule has 0 bridgehead atoms. The molecule has 0 radical (unpaired) electrons. The number of ether oxygens (including phenoxy) is 1. The van der Waals surface area contributed by atoms with Crippen LogP contribution >= 0.6 is 22.6 Å². The van der Waals surface area contributed by atoms with Gasteiger partial charge in [-0.25, -0.2) is 9.69 Å². The first-order valence-corrected chi connectivity index (χ1v) is 8.70. The summed E-state index contributed by atoms with van der Waals surface area (Å²) in [6.45, 7) is 0. The van der Waals surface area contributed by atoms with Crippen molar-refractivity contribution >= 4 is 58.0 Å². The molecule has 1 heterocycles. The molecule has 3 rings (SSSR count). The second-order valence-corrected chi connectivity index (χ2v) is 6.65. The smallest absolute Gasteiger partial charge is 0.335 e. The van der Waals surface area contributed by atoms with E-state index in [4.69, 9.17) is 4.74 Å². The fourth-order valence-corrected chi connectivity index (χ4v) is 2.76. The van der Waals surface area contributed by atoms with Crippen molar-refractivity contribution in [1.82, 2.24) is 5.32 Å². The van der Waals surface area contributed by atoms with Gasteiger partial charge in [0.25, 0.3) is 5.91 Å². The van der Waals surface area contributed by atoms with E-state index in [2.05, 4.69) is 32.9 Å². The fraction of sp³-hybridized carbons (Fsp3) is 0.111. The van der Waals surface area contributed by atoms with Gasteiger partial charge >= 0.3 is 6.03 Å². The van der Waals surface area contributed by atoms with Gasteiger partial charge in [-0.2, -0.15) is 0 Å². The maximum atomic E-state index is 12.7. The number of hydrogen-bond donors (Lipinski definition) is 1. The minimum atomic E-state index is -1.20. The van der Waals surface area contributed by atoms with Crippen molar-refractivity contribution in [2.75, 3.05) is 12.0 Å². The number of hydrogen-bond acceptors (Lipinski definition) is 5. The Kier molecular flexibility index (Phi) is 5.31. The molecule has 2 aromatic carbocycles. The van der Waals surface area contributed by atoms with E-state index in [1.165, 1.54) is 13.3 Å². The predicted molar refractivity (Wildman–Crippen MR) is 105 cm³/mol. The lowest BCUT2D eigenvalue weighted by molar-refractivity contribution is -0.131. The predicted octanol–water partition coefficient (Wildman–Crippen LogP) is 2.90. The van der Waals surface area contributed by atoms with Crippen LogP contribution in [0.1, 0.15) is 0 Å². The van der Waals surface area contributed by atoms with E-state index in [-0.39, 0.29) is 0 Å². The van der Waals surface area contributed by atoms with E-state index in [0.717, 1.165) is 8.47 Å². The highest BCUT2D eigenvalue weighted by Crippen LogP contribution is 2.25. The molecule has 0 aliphatic carbocycles. The van der Waals surface area contributed by atoms with Crippen LogP contribution in [0.4, 0.5) is 16.2 Å². The zero-order valence-electron chi connectivity index (χ0n) is 13.7. The standard InChI is InChI=1S/C18H14IN3O4/c1-26-14-4-2-3-13(9-14)22-17(24)15(16(23)21-18(22)25)10-20-12-7-5-11(19)6-8-12/h2-10,15H,1H3,(H,21,23,25)/t15-/m0/s1. The largest absolute Gasteiger partial charge is 0.497 e. The van der Waals surface area contributed by atoms with Gasteiger partial charge in [0.2, 0.25) is 5.91 Å². The third-order valence-corrected chi connectivity index (χ3v) is 4.43. The number of carbonyl (C=O) groups is 3. The second kappa shape index (κ2) is 7.65. The summed E-state index contributed by atoms with van der Waals surface area (Å²) < 4.78 is 6.16.